The fourth-order valence-corrected chi connectivity index (χ4v) is 1.25. The van der Waals surface area contributed by atoms with Crippen molar-refractivity contribution >= 4 is 12.1 Å². The standard InChI is InChI=1S/C11H13NO5/c1-2-17-11(16)12-9(10(14)15)7-3-5-8(13)6-4-7/h3-6,9,13H,2H2,1H3,(H,12,16)(H,14,15)/t9-/m1/s1. The highest BCUT2D eigenvalue weighted by Gasteiger charge is 2.22. The number of nitrogens with one attached hydrogen (secondary N) is 1. The molecule has 1 rings (SSSR count). The van der Waals surface area contributed by atoms with E-state index in [-0.39, 0.29) is 12.4 Å². The van der Waals surface area contributed by atoms with Crippen molar-refractivity contribution in [2.75, 3.05) is 6.61 Å². The van der Waals surface area contributed by atoms with Gasteiger partial charge in [-0.1, -0.05) is 12.1 Å². The van der Waals surface area contributed by atoms with Gasteiger partial charge in [0.15, 0.2) is 6.04 Å². The molecule has 1 atom stereocenters. The molecule has 0 aliphatic rings. The van der Waals surface area contributed by atoms with Gasteiger partial charge in [0.05, 0.1) is 6.61 Å². The summed E-state index contributed by atoms with van der Waals surface area (Å²) >= 11 is 0. The first-order valence-corrected chi connectivity index (χ1v) is 4.99. The van der Waals surface area contributed by atoms with Crippen molar-refractivity contribution in [3.8, 4) is 5.75 Å². The molecule has 0 saturated heterocycles. The molecule has 0 unspecified atom stereocenters. The number of aliphatic carboxylic acids is 1. The predicted molar refractivity (Wildman–Crippen MR) is 58.6 cm³/mol. The van der Waals surface area contributed by atoms with Gasteiger partial charge < -0.3 is 20.3 Å². The van der Waals surface area contributed by atoms with E-state index in [1.807, 2.05) is 0 Å². The van der Waals surface area contributed by atoms with Crippen molar-refractivity contribution in [1.29, 1.82) is 0 Å². The second-order valence-electron chi connectivity index (χ2n) is 3.23. The first kappa shape index (κ1) is 12.8. The smallest absolute Gasteiger partial charge is 0.408 e. The summed E-state index contributed by atoms with van der Waals surface area (Å²) in [5.41, 5.74) is 0.350. The zero-order valence-corrected chi connectivity index (χ0v) is 9.21. The van der Waals surface area contributed by atoms with E-state index in [1.54, 1.807) is 6.92 Å². The van der Waals surface area contributed by atoms with Crippen molar-refractivity contribution in [3.05, 3.63) is 29.8 Å². The number of phenols is 1. The quantitative estimate of drug-likeness (QED) is 0.735. The van der Waals surface area contributed by atoms with E-state index in [0.29, 0.717) is 5.56 Å². The number of carbonyl (C=O) groups excluding carboxylic acids is 1. The molecule has 0 saturated carbocycles. The Morgan fingerprint density at radius 2 is 1.94 bits per heavy atom. The Morgan fingerprint density at radius 1 is 1.35 bits per heavy atom. The molecule has 17 heavy (non-hydrogen) atoms. The van der Waals surface area contributed by atoms with Gasteiger partial charge in [-0.3, -0.25) is 0 Å². The minimum Gasteiger partial charge on any atom is -0.508 e. The number of carboxylic acid groups (broad SMARTS) is 1. The first-order chi connectivity index (χ1) is 8.04. The average Bonchev–Trinajstić information content (AvgIpc) is 2.27. The Kier molecular flexibility index (Phi) is 4.33. The zero-order valence-electron chi connectivity index (χ0n) is 9.21. The number of hydrogen-bond donors (Lipinski definition) is 3. The monoisotopic (exact) mass is 239 g/mol. The molecule has 0 aromatic heterocycles. The molecule has 92 valence electrons. The van der Waals surface area contributed by atoms with E-state index in [0.717, 1.165) is 0 Å². The van der Waals surface area contributed by atoms with E-state index in [1.165, 1.54) is 24.3 Å². The van der Waals surface area contributed by atoms with Gasteiger partial charge in [-0.25, -0.2) is 9.59 Å². The van der Waals surface area contributed by atoms with Gasteiger partial charge in [0.25, 0.3) is 0 Å². The third-order valence-corrected chi connectivity index (χ3v) is 2.01. The highest BCUT2D eigenvalue weighted by Crippen LogP contribution is 2.17. The molecule has 0 heterocycles. The summed E-state index contributed by atoms with van der Waals surface area (Å²) in [5.74, 6) is -1.18. The highest BCUT2D eigenvalue weighted by molar-refractivity contribution is 5.81. The molecule has 6 nitrogen and oxygen atoms in total. The number of alkyl carbamates (subject to hydrolysis) is 1. The van der Waals surface area contributed by atoms with Crippen molar-refractivity contribution < 1.29 is 24.5 Å². The molecule has 0 fully saturated rings. The number of phenolic OH excluding ortho intramolecular Hbond substituents is 1. The molecule has 1 aromatic carbocycles. The summed E-state index contributed by atoms with van der Waals surface area (Å²) in [6.45, 7) is 1.78. The van der Waals surface area contributed by atoms with Crippen LogP contribution in [0.15, 0.2) is 24.3 Å². The van der Waals surface area contributed by atoms with Crippen LogP contribution in [0.2, 0.25) is 0 Å². The van der Waals surface area contributed by atoms with Crippen molar-refractivity contribution in [3.63, 3.8) is 0 Å². The van der Waals surface area contributed by atoms with Gasteiger partial charge in [-0.05, 0) is 24.6 Å². The van der Waals surface area contributed by atoms with Crippen LogP contribution in [0.1, 0.15) is 18.5 Å². The molecular formula is C11H13NO5. The summed E-state index contributed by atoms with van der Waals surface area (Å²) in [7, 11) is 0. The summed E-state index contributed by atoms with van der Waals surface area (Å²) in [4.78, 5) is 22.1. The van der Waals surface area contributed by atoms with Crippen LogP contribution in [-0.4, -0.2) is 28.9 Å². The van der Waals surface area contributed by atoms with Crippen LogP contribution in [0, 0.1) is 0 Å². The number of carbonyl (C=O) groups is 2. The van der Waals surface area contributed by atoms with Crippen LogP contribution in [-0.2, 0) is 9.53 Å². The van der Waals surface area contributed by atoms with Gasteiger partial charge in [-0.2, -0.15) is 0 Å². The Morgan fingerprint density at radius 3 is 2.41 bits per heavy atom. The van der Waals surface area contributed by atoms with Crippen molar-refractivity contribution in [1.82, 2.24) is 5.32 Å². The maximum Gasteiger partial charge on any atom is 0.408 e. The van der Waals surface area contributed by atoms with E-state index < -0.39 is 18.1 Å². The summed E-state index contributed by atoms with van der Waals surface area (Å²) in [5, 5.41) is 20.3. The van der Waals surface area contributed by atoms with E-state index in [2.05, 4.69) is 10.1 Å². The maximum atomic E-state index is 11.2. The minimum absolute atomic E-state index is 0.0222. The normalized spacial score (nSPS) is 11.6. The molecule has 0 bridgehead atoms. The van der Waals surface area contributed by atoms with Crippen molar-refractivity contribution in [2.45, 2.75) is 13.0 Å². The van der Waals surface area contributed by atoms with Gasteiger partial charge >= 0.3 is 12.1 Å². The molecule has 0 aliphatic heterocycles. The number of ether oxygens (including phenoxy) is 1. The maximum absolute atomic E-state index is 11.2. The largest absolute Gasteiger partial charge is 0.508 e. The number of rotatable bonds is 4. The number of hydrogen-bond acceptors (Lipinski definition) is 4. The SMILES string of the molecule is CCOC(=O)N[C@@H](C(=O)O)c1ccc(O)cc1. The third-order valence-electron chi connectivity index (χ3n) is 2.01. The van der Waals surface area contributed by atoms with Crippen LogP contribution in [0.5, 0.6) is 5.75 Å². The number of benzene rings is 1. The van der Waals surface area contributed by atoms with Crippen LogP contribution in [0.4, 0.5) is 4.79 Å². The lowest BCUT2D eigenvalue weighted by molar-refractivity contribution is -0.139. The van der Waals surface area contributed by atoms with Gasteiger partial charge in [0.1, 0.15) is 5.75 Å². The summed E-state index contributed by atoms with van der Waals surface area (Å²) in [6.07, 6.45) is -0.798. The summed E-state index contributed by atoms with van der Waals surface area (Å²) < 4.78 is 4.60. The van der Waals surface area contributed by atoms with Gasteiger partial charge in [0.2, 0.25) is 0 Å². The van der Waals surface area contributed by atoms with Gasteiger partial charge in [-0.15, -0.1) is 0 Å². The zero-order chi connectivity index (χ0) is 12.8. The number of carboxylic acids is 1. The molecule has 1 aromatic rings. The lowest BCUT2D eigenvalue weighted by atomic mass is 10.1. The van der Waals surface area contributed by atoms with Crippen molar-refractivity contribution in [2.24, 2.45) is 0 Å². The van der Waals surface area contributed by atoms with E-state index in [9.17, 15) is 9.59 Å². The second kappa shape index (κ2) is 5.74. The fourth-order valence-electron chi connectivity index (χ4n) is 1.25. The van der Waals surface area contributed by atoms with Crippen LogP contribution < -0.4 is 5.32 Å². The Hall–Kier alpha value is -2.24. The van der Waals surface area contributed by atoms with Gasteiger partial charge in [0, 0.05) is 0 Å². The third kappa shape index (κ3) is 3.67. The molecule has 0 aliphatic carbocycles. The van der Waals surface area contributed by atoms with Crippen LogP contribution in [0.25, 0.3) is 0 Å². The lowest BCUT2D eigenvalue weighted by Gasteiger charge is -2.14. The second-order valence-corrected chi connectivity index (χ2v) is 3.23. The fraction of sp³-hybridized carbons (Fsp3) is 0.273. The Labute approximate surface area is 97.8 Å². The molecule has 0 spiro atoms. The average molecular weight is 239 g/mol. The minimum atomic E-state index is -1.20. The highest BCUT2D eigenvalue weighted by atomic mass is 16.5. The lowest BCUT2D eigenvalue weighted by Crippen LogP contribution is -2.34. The number of aromatic hydroxyl groups is 1. The van der Waals surface area contributed by atoms with E-state index >= 15 is 0 Å². The first-order valence-electron chi connectivity index (χ1n) is 4.99. The molecular weight excluding hydrogens is 226 g/mol. The molecule has 0 radical (unpaired) electrons. The molecule has 1 amide bonds. The topological polar surface area (TPSA) is 95.9 Å². The Bertz CT molecular complexity index is 401. The summed E-state index contributed by atoms with van der Waals surface area (Å²) in [6, 6.07) is 4.33. The Balaban J connectivity index is 2.82. The number of amides is 1. The molecule has 3 N–H and O–H groups in total. The van der Waals surface area contributed by atoms with E-state index in [4.69, 9.17) is 10.2 Å². The molecule has 6 heteroatoms. The van der Waals surface area contributed by atoms with Crippen LogP contribution >= 0.6 is 0 Å². The predicted octanol–water partition coefficient (Wildman–Crippen LogP) is 1.26. The van der Waals surface area contributed by atoms with Crippen LogP contribution in [0.3, 0.4) is 0 Å².